The van der Waals surface area contributed by atoms with E-state index in [1.165, 1.54) is 12.8 Å². The zero-order chi connectivity index (χ0) is 19.5. The van der Waals surface area contributed by atoms with E-state index in [4.69, 9.17) is 9.84 Å². The number of aromatic carboxylic acids is 1. The van der Waals surface area contributed by atoms with Crippen LogP contribution in [0, 0.1) is 6.92 Å². The monoisotopic (exact) mass is 364 g/mol. The molecule has 2 aliphatic rings. The summed E-state index contributed by atoms with van der Waals surface area (Å²) in [6, 6.07) is 4.98. The van der Waals surface area contributed by atoms with Crippen molar-refractivity contribution in [3.05, 3.63) is 29.3 Å². The van der Waals surface area contributed by atoms with Gasteiger partial charge in [0.05, 0.1) is 5.56 Å². The number of hydrogen-bond donors (Lipinski definition) is 1. The molecule has 2 saturated heterocycles. The van der Waals surface area contributed by atoms with E-state index in [9.17, 15) is 9.59 Å². The molecule has 0 aromatic heterocycles. The van der Waals surface area contributed by atoms with E-state index < -0.39 is 5.97 Å². The molecule has 1 amide bonds. The molecule has 2 heterocycles. The SMILES string of the molecule is CC.Cc1cc(C(=O)O)ccc1OC1CCN(C)C1.O=CN1CCCC1. The Bertz CT molecular complexity index is 571. The molecule has 0 bridgehead atoms. The van der Waals surface area contributed by atoms with Gasteiger partial charge in [-0.1, -0.05) is 13.8 Å². The van der Waals surface area contributed by atoms with Gasteiger partial charge in [0.1, 0.15) is 11.9 Å². The highest BCUT2D eigenvalue weighted by molar-refractivity contribution is 5.88. The molecule has 0 aliphatic carbocycles. The smallest absolute Gasteiger partial charge is 0.335 e. The van der Waals surface area contributed by atoms with Crippen LogP contribution in [0.1, 0.15) is 49.0 Å². The lowest BCUT2D eigenvalue weighted by atomic mass is 10.1. The number of carbonyl (C=O) groups excluding carboxylic acids is 1. The second-order valence-corrected chi connectivity index (χ2v) is 6.42. The average molecular weight is 364 g/mol. The van der Waals surface area contributed by atoms with Gasteiger partial charge in [0, 0.05) is 26.2 Å². The molecule has 3 rings (SSSR count). The molecule has 26 heavy (non-hydrogen) atoms. The van der Waals surface area contributed by atoms with Crippen LogP contribution in [0.5, 0.6) is 5.75 Å². The number of carboxylic acids is 1. The van der Waals surface area contributed by atoms with Gasteiger partial charge in [-0.25, -0.2) is 4.79 Å². The maximum Gasteiger partial charge on any atom is 0.335 e. The van der Waals surface area contributed by atoms with Gasteiger partial charge in [0.2, 0.25) is 6.41 Å². The summed E-state index contributed by atoms with van der Waals surface area (Å²) >= 11 is 0. The van der Waals surface area contributed by atoms with Crippen LogP contribution in [0.3, 0.4) is 0 Å². The molecule has 2 aliphatic heterocycles. The summed E-state index contributed by atoms with van der Waals surface area (Å²) in [5, 5.41) is 8.87. The number of ether oxygens (including phenoxy) is 1. The van der Waals surface area contributed by atoms with Gasteiger partial charge in [0.15, 0.2) is 0 Å². The number of rotatable bonds is 4. The molecule has 1 aromatic carbocycles. The highest BCUT2D eigenvalue weighted by Crippen LogP contribution is 2.23. The van der Waals surface area contributed by atoms with Crippen molar-refractivity contribution in [1.29, 1.82) is 0 Å². The molecule has 0 saturated carbocycles. The third kappa shape index (κ3) is 7.04. The summed E-state index contributed by atoms with van der Waals surface area (Å²) in [6.45, 7) is 9.81. The first kappa shape index (κ1) is 22.0. The van der Waals surface area contributed by atoms with Gasteiger partial charge < -0.3 is 19.6 Å². The lowest BCUT2D eigenvalue weighted by Crippen LogP contribution is -2.21. The molecule has 6 nitrogen and oxygen atoms in total. The first-order valence-electron chi connectivity index (χ1n) is 9.38. The van der Waals surface area contributed by atoms with Crippen LogP contribution in [-0.2, 0) is 4.79 Å². The van der Waals surface area contributed by atoms with Crippen LogP contribution in [-0.4, -0.2) is 66.6 Å². The summed E-state index contributed by atoms with van der Waals surface area (Å²) < 4.78 is 5.88. The van der Waals surface area contributed by atoms with E-state index in [0.29, 0.717) is 5.56 Å². The first-order chi connectivity index (χ1) is 12.5. The molecule has 0 radical (unpaired) electrons. The lowest BCUT2D eigenvalue weighted by molar-refractivity contribution is -0.117. The highest BCUT2D eigenvalue weighted by atomic mass is 16.5. The minimum atomic E-state index is -0.903. The van der Waals surface area contributed by atoms with Gasteiger partial charge in [-0.05, 0) is 57.0 Å². The van der Waals surface area contributed by atoms with Crippen molar-refractivity contribution >= 4 is 12.4 Å². The molecule has 1 atom stereocenters. The normalized spacial score (nSPS) is 19.1. The van der Waals surface area contributed by atoms with E-state index in [0.717, 1.165) is 50.3 Å². The van der Waals surface area contributed by atoms with Crippen molar-refractivity contribution in [3.63, 3.8) is 0 Å². The molecule has 1 aromatic rings. The predicted octanol–water partition coefficient (Wildman–Crippen LogP) is 3.04. The van der Waals surface area contributed by atoms with E-state index in [1.807, 2.05) is 20.8 Å². The van der Waals surface area contributed by atoms with Crippen molar-refractivity contribution in [3.8, 4) is 5.75 Å². The van der Waals surface area contributed by atoms with E-state index in [-0.39, 0.29) is 6.10 Å². The zero-order valence-corrected chi connectivity index (χ0v) is 16.4. The molecule has 1 N–H and O–H groups in total. The lowest BCUT2D eigenvalue weighted by Gasteiger charge is -2.15. The van der Waals surface area contributed by atoms with Crippen molar-refractivity contribution in [2.75, 3.05) is 33.2 Å². The van der Waals surface area contributed by atoms with Gasteiger partial charge in [-0.3, -0.25) is 4.79 Å². The number of benzene rings is 1. The number of likely N-dealkylation sites (N-methyl/N-ethyl adjacent to an activating group) is 1. The van der Waals surface area contributed by atoms with Crippen LogP contribution in [0.25, 0.3) is 0 Å². The third-order valence-corrected chi connectivity index (χ3v) is 4.35. The Labute approximate surface area is 156 Å². The summed E-state index contributed by atoms with van der Waals surface area (Å²) in [6.07, 6.45) is 4.55. The third-order valence-electron chi connectivity index (χ3n) is 4.35. The number of hydrogen-bond acceptors (Lipinski definition) is 4. The van der Waals surface area contributed by atoms with Gasteiger partial charge in [0.25, 0.3) is 0 Å². The standard InChI is InChI=1S/C13H17NO3.C5H9NO.C2H6/c1-9-7-10(13(15)16)3-4-12(9)17-11-5-6-14(2)8-11;7-5-6-3-1-2-4-6;1-2/h3-4,7,11H,5-6,8H2,1-2H3,(H,15,16);5H,1-4H2;1-2H3. The number of carbonyl (C=O) groups is 2. The Morgan fingerprint density at radius 3 is 2.31 bits per heavy atom. The fourth-order valence-electron chi connectivity index (χ4n) is 2.93. The number of nitrogens with zero attached hydrogens (tertiary/aromatic N) is 2. The van der Waals surface area contributed by atoms with Crippen LogP contribution in [0.4, 0.5) is 0 Å². The molecule has 1 unspecified atom stereocenters. The summed E-state index contributed by atoms with van der Waals surface area (Å²) in [5.41, 5.74) is 1.18. The average Bonchev–Trinajstić information content (AvgIpc) is 3.30. The fourth-order valence-corrected chi connectivity index (χ4v) is 2.93. The highest BCUT2D eigenvalue weighted by Gasteiger charge is 2.21. The van der Waals surface area contributed by atoms with E-state index >= 15 is 0 Å². The second kappa shape index (κ2) is 11.5. The predicted molar refractivity (Wildman–Crippen MR) is 103 cm³/mol. The fraction of sp³-hybridized carbons (Fsp3) is 0.600. The topological polar surface area (TPSA) is 70.1 Å². The van der Waals surface area contributed by atoms with E-state index in [1.54, 1.807) is 23.1 Å². The Morgan fingerprint density at radius 2 is 1.88 bits per heavy atom. The maximum absolute atomic E-state index is 10.8. The first-order valence-corrected chi connectivity index (χ1v) is 9.38. The van der Waals surface area contributed by atoms with Crippen molar-refractivity contribution in [2.24, 2.45) is 0 Å². The zero-order valence-electron chi connectivity index (χ0n) is 16.4. The molecule has 0 spiro atoms. The van der Waals surface area contributed by atoms with Crippen LogP contribution in [0.2, 0.25) is 0 Å². The van der Waals surface area contributed by atoms with Gasteiger partial charge in [-0.2, -0.15) is 0 Å². The Balaban J connectivity index is 0.000000313. The van der Waals surface area contributed by atoms with Crippen LogP contribution < -0.4 is 4.74 Å². The Kier molecular flexibility index (Phi) is 9.73. The van der Waals surface area contributed by atoms with Gasteiger partial charge >= 0.3 is 5.97 Å². The summed E-state index contributed by atoms with van der Waals surface area (Å²) in [4.78, 5) is 24.8. The van der Waals surface area contributed by atoms with Crippen molar-refractivity contribution < 1.29 is 19.4 Å². The molecular weight excluding hydrogens is 332 g/mol. The minimum absolute atomic E-state index is 0.217. The largest absolute Gasteiger partial charge is 0.489 e. The Hall–Kier alpha value is -2.08. The van der Waals surface area contributed by atoms with E-state index in [2.05, 4.69) is 11.9 Å². The molecule has 6 heteroatoms. The quantitative estimate of drug-likeness (QED) is 0.832. The van der Waals surface area contributed by atoms with Crippen molar-refractivity contribution in [2.45, 2.75) is 46.1 Å². The second-order valence-electron chi connectivity index (χ2n) is 6.42. The maximum atomic E-state index is 10.8. The Morgan fingerprint density at radius 1 is 1.23 bits per heavy atom. The number of carboxylic acid groups (broad SMARTS) is 1. The van der Waals surface area contributed by atoms with Crippen LogP contribution >= 0.6 is 0 Å². The molecule has 2 fully saturated rings. The summed E-state index contributed by atoms with van der Waals surface area (Å²) in [7, 11) is 2.07. The molecule has 146 valence electrons. The van der Waals surface area contributed by atoms with Crippen molar-refractivity contribution in [1.82, 2.24) is 9.80 Å². The van der Waals surface area contributed by atoms with Crippen LogP contribution in [0.15, 0.2) is 18.2 Å². The molecular formula is C20H32N2O4. The summed E-state index contributed by atoms with van der Waals surface area (Å²) in [5.74, 6) is -0.115. The number of amides is 1. The van der Waals surface area contributed by atoms with Gasteiger partial charge in [-0.15, -0.1) is 0 Å². The minimum Gasteiger partial charge on any atom is -0.489 e. The number of aryl methyl sites for hydroxylation is 1. The number of likely N-dealkylation sites (tertiary alicyclic amines) is 2.